The van der Waals surface area contributed by atoms with Crippen molar-refractivity contribution in [3.63, 3.8) is 0 Å². The van der Waals surface area contributed by atoms with Gasteiger partial charge in [0.05, 0.1) is 12.7 Å². The Bertz CT molecular complexity index is 185. The summed E-state index contributed by atoms with van der Waals surface area (Å²) in [5.74, 6) is 0. The van der Waals surface area contributed by atoms with Crippen molar-refractivity contribution in [3.8, 4) is 0 Å². The zero-order valence-electron chi connectivity index (χ0n) is 12.5. The van der Waals surface area contributed by atoms with E-state index >= 15 is 0 Å². The van der Waals surface area contributed by atoms with Gasteiger partial charge in [-0.15, -0.1) is 0 Å². The van der Waals surface area contributed by atoms with Crippen molar-refractivity contribution in [3.05, 3.63) is 0 Å². The lowest BCUT2D eigenvalue weighted by Crippen LogP contribution is -2.50. The summed E-state index contributed by atoms with van der Waals surface area (Å²) in [6.07, 6.45) is 5.31. The Morgan fingerprint density at radius 1 is 1.29 bits per heavy atom. The van der Waals surface area contributed by atoms with Gasteiger partial charge < -0.3 is 10.5 Å². The van der Waals surface area contributed by atoms with E-state index in [9.17, 15) is 0 Å². The van der Waals surface area contributed by atoms with Gasteiger partial charge in [0.15, 0.2) is 0 Å². The molecule has 1 atom stereocenters. The molecule has 17 heavy (non-hydrogen) atoms. The van der Waals surface area contributed by atoms with Crippen LogP contribution in [0.4, 0.5) is 0 Å². The number of hydrogen-bond acceptors (Lipinski definition) is 3. The smallest absolute Gasteiger partial charge is 0.0597 e. The molecule has 3 nitrogen and oxygen atoms in total. The fourth-order valence-electron chi connectivity index (χ4n) is 1.90. The maximum absolute atomic E-state index is 5.94. The third-order valence-corrected chi connectivity index (χ3v) is 3.56. The Morgan fingerprint density at radius 2 is 1.94 bits per heavy atom. The van der Waals surface area contributed by atoms with E-state index in [1.165, 1.54) is 25.7 Å². The van der Waals surface area contributed by atoms with Crippen LogP contribution in [0.1, 0.15) is 53.4 Å². The molecule has 0 aromatic rings. The highest BCUT2D eigenvalue weighted by Gasteiger charge is 2.26. The van der Waals surface area contributed by atoms with E-state index in [-0.39, 0.29) is 5.54 Å². The molecule has 2 N–H and O–H groups in total. The molecule has 0 aliphatic carbocycles. The molecule has 0 aromatic heterocycles. The van der Waals surface area contributed by atoms with E-state index in [0.717, 1.165) is 19.7 Å². The van der Waals surface area contributed by atoms with E-state index in [2.05, 4.69) is 39.6 Å². The van der Waals surface area contributed by atoms with Crippen LogP contribution in [0.25, 0.3) is 0 Å². The summed E-state index contributed by atoms with van der Waals surface area (Å²) < 4.78 is 5.60. The van der Waals surface area contributed by atoms with Crippen LogP contribution in [0.3, 0.4) is 0 Å². The summed E-state index contributed by atoms with van der Waals surface area (Å²) >= 11 is 0. The summed E-state index contributed by atoms with van der Waals surface area (Å²) in [6.45, 7) is 11.1. The predicted octanol–water partition coefficient (Wildman–Crippen LogP) is 2.64. The highest BCUT2D eigenvalue weighted by molar-refractivity contribution is 4.85. The van der Waals surface area contributed by atoms with Gasteiger partial charge in [-0.25, -0.2) is 0 Å². The molecule has 104 valence electrons. The van der Waals surface area contributed by atoms with Crippen LogP contribution in [-0.4, -0.2) is 43.3 Å². The van der Waals surface area contributed by atoms with Crippen LogP contribution in [0.5, 0.6) is 0 Å². The van der Waals surface area contributed by atoms with E-state index in [0.29, 0.717) is 6.10 Å². The van der Waals surface area contributed by atoms with Gasteiger partial charge in [-0.1, -0.05) is 26.2 Å². The molecule has 0 fully saturated rings. The van der Waals surface area contributed by atoms with Gasteiger partial charge >= 0.3 is 0 Å². The van der Waals surface area contributed by atoms with Crippen LogP contribution in [0, 0.1) is 0 Å². The molecular weight excluding hydrogens is 212 g/mol. The number of unbranched alkanes of at least 4 members (excludes halogenated alkanes) is 2. The van der Waals surface area contributed by atoms with Crippen LogP contribution in [0.2, 0.25) is 0 Å². The molecule has 0 radical (unpaired) electrons. The number of nitrogens with zero attached hydrogens (tertiary/aromatic N) is 1. The molecule has 1 unspecified atom stereocenters. The van der Waals surface area contributed by atoms with Crippen molar-refractivity contribution < 1.29 is 4.74 Å². The minimum Gasteiger partial charge on any atom is -0.377 e. The van der Waals surface area contributed by atoms with Crippen LogP contribution in [0.15, 0.2) is 0 Å². The lowest BCUT2D eigenvalue weighted by atomic mass is 9.93. The van der Waals surface area contributed by atoms with Crippen molar-refractivity contribution >= 4 is 0 Å². The molecule has 0 aliphatic heterocycles. The topological polar surface area (TPSA) is 38.5 Å². The highest BCUT2D eigenvalue weighted by atomic mass is 16.5. The van der Waals surface area contributed by atoms with Crippen molar-refractivity contribution in [1.82, 2.24) is 4.90 Å². The fourth-order valence-corrected chi connectivity index (χ4v) is 1.90. The molecule has 0 bridgehead atoms. The Hall–Kier alpha value is -0.120. The molecule has 0 heterocycles. The molecule has 0 spiro atoms. The maximum Gasteiger partial charge on any atom is 0.0597 e. The molecule has 0 saturated heterocycles. The lowest BCUT2D eigenvalue weighted by molar-refractivity contribution is 0.0365. The number of hydrogen-bond donors (Lipinski definition) is 1. The number of nitrogens with two attached hydrogens (primary N) is 1. The number of ether oxygens (including phenoxy) is 1. The van der Waals surface area contributed by atoms with E-state index in [4.69, 9.17) is 10.5 Å². The normalized spacial score (nSPS) is 15.5. The molecule has 0 aromatic carbocycles. The first-order valence-corrected chi connectivity index (χ1v) is 6.99. The average Bonchev–Trinajstić information content (AvgIpc) is 2.28. The zero-order chi connectivity index (χ0) is 13.3. The van der Waals surface area contributed by atoms with Crippen LogP contribution in [-0.2, 0) is 4.74 Å². The first kappa shape index (κ1) is 16.9. The summed E-state index contributed by atoms with van der Waals surface area (Å²) in [4.78, 5) is 2.35. The zero-order valence-corrected chi connectivity index (χ0v) is 12.5. The molecule has 0 aliphatic rings. The standard InChI is InChI=1S/C14H32N2O/c1-6-7-8-9-14(4,12-15)16(5)10-11-17-13(2)3/h13H,6-12,15H2,1-5H3. The third-order valence-electron chi connectivity index (χ3n) is 3.56. The van der Waals surface area contributed by atoms with Gasteiger partial charge in [-0.05, 0) is 34.2 Å². The minimum absolute atomic E-state index is 0.121. The van der Waals surface area contributed by atoms with Gasteiger partial charge in [-0.3, -0.25) is 4.90 Å². The summed E-state index contributed by atoms with van der Waals surface area (Å²) in [5, 5.41) is 0. The Morgan fingerprint density at radius 3 is 2.41 bits per heavy atom. The second-order valence-corrected chi connectivity index (χ2v) is 5.50. The minimum atomic E-state index is 0.121. The van der Waals surface area contributed by atoms with E-state index in [1.807, 2.05) is 0 Å². The molecule has 3 heteroatoms. The van der Waals surface area contributed by atoms with E-state index in [1.54, 1.807) is 0 Å². The summed E-state index contributed by atoms with van der Waals surface area (Å²) in [5.41, 5.74) is 6.06. The maximum atomic E-state index is 5.94. The molecule has 0 saturated carbocycles. The second-order valence-electron chi connectivity index (χ2n) is 5.50. The van der Waals surface area contributed by atoms with Gasteiger partial charge in [0.25, 0.3) is 0 Å². The van der Waals surface area contributed by atoms with E-state index < -0.39 is 0 Å². The first-order valence-electron chi connectivity index (χ1n) is 6.99. The van der Waals surface area contributed by atoms with Gasteiger partial charge in [0, 0.05) is 18.6 Å². The number of likely N-dealkylation sites (N-methyl/N-ethyl adjacent to an activating group) is 1. The molecular formula is C14H32N2O. The monoisotopic (exact) mass is 244 g/mol. The van der Waals surface area contributed by atoms with Crippen molar-refractivity contribution in [2.24, 2.45) is 5.73 Å². The Kier molecular flexibility index (Phi) is 8.83. The van der Waals surface area contributed by atoms with Crippen molar-refractivity contribution in [1.29, 1.82) is 0 Å². The van der Waals surface area contributed by atoms with Crippen molar-refractivity contribution in [2.45, 2.75) is 65.0 Å². The summed E-state index contributed by atoms with van der Waals surface area (Å²) in [7, 11) is 2.16. The van der Waals surface area contributed by atoms with Crippen molar-refractivity contribution in [2.75, 3.05) is 26.7 Å². The predicted molar refractivity (Wildman–Crippen MR) is 75.3 cm³/mol. The Balaban J connectivity index is 4.02. The Labute approximate surface area is 108 Å². The summed E-state index contributed by atoms with van der Waals surface area (Å²) in [6, 6.07) is 0. The fraction of sp³-hybridized carbons (Fsp3) is 1.00. The van der Waals surface area contributed by atoms with Gasteiger partial charge in [-0.2, -0.15) is 0 Å². The van der Waals surface area contributed by atoms with Crippen LogP contribution >= 0.6 is 0 Å². The van der Waals surface area contributed by atoms with Gasteiger partial charge in [0.2, 0.25) is 0 Å². The molecule has 0 rings (SSSR count). The van der Waals surface area contributed by atoms with Crippen LogP contribution < -0.4 is 5.73 Å². The largest absolute Gasteiger partial charge is 0.377 e. The lowest BCUT2D eigenvalue weighted by Gasteiger charge is -2.38. The van der Waals surface area contributed by atoms with Gasteiger partial charge in [0.1, 0.15) is 0 Å². The molecule has 0 amide bonds. The highest BCUT2D eigenvalue weighted by Crippen LogP contribution is 2.20. The average molecular weight is 244 g/mol. The third kappa shape index (κ3) is 7.02. The number of rotatable bonds is 10. The SMILES string of the molecule is CCCCCC(C)(CN)N(C)CCOC(C)C. The quantitative estimate of drug-likeness (QED) is 0.600. The first-order chi connectivity index (χ1) is 7.96. The second kappa shape index (κ2) is 8.90.